The lowest BCUT2D eigenvalue weighted by atomic mass is 10.1. The molecule has 0 aromatic carbocycles. The lowest BCUT2D eigenvalue weighted by Gasteiger charge is -2.39. The van der Waals surface area contributed by atoms with Gasteiger partial charge in [-0.2, -0.15) is 0 Å². The van der Waals surface area contributed by atoms with E-state index in [1.54, 1.807) is 0 Å². The van der Waals surface area contributed by atoms with Gasteiger partial charge in [-0.1, -0.05) is 0 Å². The Hall–Kier alpha value is -0.980. The third-order valence-corrected chi connectivity index (χ3v) is 3.85. The molecule has 6 heteroatoms. The van der Waals surface area contributed by atoms with Crippen molar-refractivity contribution in [2.45, 2.75) is 18.9 Å². The first-order valence-electron chi connectivity index (χ1n) is 6.57. The lowest BCUT2D eigenvalue weighted by molar-refractivity contribution is -0.138. The summed E-state index contributed by atoms with van der Waals surface area (Å²) in [5.41, 5.74) is 5.78. The number of hydrogen-bond donors (Lipinski definition) is 1. The van der Waals surface area contributed by atoms with E-state index in [9.17, 15) is 9.59 Å². The normalized spacial score (nSPS) is 27.2. The zero-order valence-corrected chi connectivity index (χ0v) is 11.0. The molecule has 1 unspecified atom stereocenters. The van der Waals surface area contributed by atoms with E-state index < -0.39 is 0 Å². The molecule has 0 radical (unpaired) electrons. The fourth-order valence-corrected chi connectivity index (χ4v) is 2.67. The van der Waals surface area contributed by atoms with Crippen molar-refractivity contribution in [2.75, 3.05) is 46.3 Å². The van der Waals surface area contributed by atoms with Gasteiger partial charge < -0.3 is 10.6 Å². The van der Waals surface area contributed by atoms with Crippen molar-refractivity contribution in [1.82, 2.24) is 14.7 Å². The molecule has 0 saturated carbocycles. The van der Waals surface area contributed by atoms with Crippen molar-refractivity contribution in [3.05, 3.63) is 0 Å². The van der Waals surface area contributed by atoms with Crippen LogP contribution < -0.4 is 5.73 Å². The molecule has 2 rings (SSSR count). The number of piperazine rings is 1. The summed E-state index contributed by atoms with van der Waals surface area (Å²) in [7, 11) is 2.09. The number of imide groups is 1. The van der Waals surface area contributed by atoms with Gasteiger partial charge in [0.1, 0.15) is 0 Å². The van der Waals surface area contributed by atoms with Crippen molar-refractivity contribution in [1.29, 1.82) is 0 Å². The van der Waals surface area contributed by atoms with Gasteiger partial charge in [-0.3, -0.25) is 19.4 Å². The van der Waals surface area contributed by atoms with Crippen LogP contribution >= 0.6 is 0 Å². The van der Waals surface area contributed by atoms with E-state index in [4.69, 9.17) is 5.73 Å². The average Bonchev–Trinajstić information content (AvgIpc) is 2.68. The van der Waals surface area contributed by atoms with E-state index in [1.165, 1.54) is 4.90 Å². The number of carbonyl (C=O) groups is 2. The molecule has 0 bridgehead atoms. The van der Waals surface area contributed by atoms with Gasteiger partial charge in [0, 0.05) is 58.2 Å². The van der Waals surface area contributed by atoms with E-state index in [1.807, 2.05) is 0 Å². The molecule has 0 aromatic rings. The summed E-state index contributed by atoms with van der Waals surface area (Å²) in [5.74, 6) is -0.0585. The zero-order valence-electron chi connectivity index (χ0n) is 11.0. The summed E-state index contributed by atoms with van der Waals surface area (Å²) >= 11 is 0. The molecule has 2 fully saturated rings. The standard InChI is InChI=1S/C12H22N4O2/c1-14-4-5-15(10(8-13)9-14)6-7-16-11(17)2-3-12(16)18/h10H,2-9,13H2,1H3. The van der Waals surface area contributed by atoms with Crippen LogP contribution in [0.3, 0.4) is 0 Å². The molecular weight excluding hydrogens is 232 g/mol. The molecule has 2 saturated heterocycles. The van der Waals surface area contributed by atoms with Gasteiger partial charge in [0.2, 0.25) is 11.8 Å². The molecular formula is C12H22N4O2. The molecule has 2 N–H and O–H groups in total. The van der Waals surface area contributed by atoms with Crippen LogP contribution in [0.1, 0.15) is 12.8 Å². The SMILES string of the molecule is CN1CCN(CCN2C(=O)CCC2=O)C(CN)C1. The lowest BCUT2D eigenvalue weighted by Crippen LogP contribution is -2.56. The van der Waals surface area contributed by atoms with Crippen LogP contribution in [-0.2, 0) is 9.59 Å². The van der Waals surface area contributed by atoms with E-state index in [-0.39, 0.29) is 11.8 Å². The van der Waals surface area contributed by atoms with Crippen molar-refractivity contribution in [3.8, 4) is 0 Å². The summed E-state index contributed by atoms with van der Waals surface area (Å²) < 4.78 is 0. The highest BCUT2D eigenvalue weighted by Crippen LogP contribution is 2.13. The number of amides is 2. The van der Waals surface area contributed by atoms with Crippen LogP contribution in [0, 0.1) is 0 Å². The van der Waals surface area contributed by atoms with Gasteiger partial charge in [0.05, 0.1) is 0 Å². The number of hydrogen-bond acceptors (Lipinski definition) is 5. The molecule has 0 spiro atoms. The maximum absolute atomic E-state index is 11.5. The Morgan fingerprint density at radius 1 is 1.17 bits per heavy atom. The van der Waals surface area contributed by atoms with Gasteiger partial charge in [-0.25, -0.2) is 0 Å². The fourth-order valence-electron chi connectivity index (χ4n) is 2.67. The average molecular weight is 254 g/mol. The predicted octanol–water partition coefficient (Wildman–Crippen LogP) is -1.29. The highest BCUT2D eigenvalue weighted by molar-refractivity contribution is 6.01. The summed E-state index contributed by atoms with van der Waals surface area (Å²) in [6.07, 6.45) is 0.754. The smallest absolute Gasteiger partial charge is 0.229 e. The Morgan fingerprint density at radius 2 is 1.83 bits per heavy atom. The molecule has 0 aromatic heterocycles. The van der Waals surface area contributed by atoms with Crippen LogP contribution in [0.2, 0.25) is 0 Å². The molecule has 2 amide bonds. The second-order valence-electron chi connectivity index (χ2n) is 5.13. The van der Waals surface area contributed by atoms with Crippen LogP contribution in [0.15, 0.2) is 0 Å². The summed E-state index contributed by atoms with van der Waals surface area (Å²) in [5, 5.41) is 0. The second-order valence-corrected chi connectivity index (χ2v) is 5.13. The monoisotopic (exact) mass is 254 g/mol. The predicted molar refractivity (Wildman–Crippen MR) is 67.9 cm³/mol. The summed E-state index contributed by atoms with van der Waals surface area (Å²) in [6, 6.07) is 0.330. The number of nitrogens with two attached hydrogens (primary N) is 1. The van der Waals surface area contributed by atoms with Crippen LogP contribution in [0.5, 0.6) is 0 Å². The molecule has 2 aliphatic heterocycles. The minimum atomic E-state index is -0.0292. The third kappa shape index (κ3) is 2.88. The number of rotatable bonds is 4. The van der Waals surface area contributed by atoms with Gasteiger partial charge in [-0.15, -0.1) is 0 Å². The molecule has 18 heavy (non-hydrogen) atoms. The molecule has 1 atom stereocenters. The highest BCUT2D eigenvalue weighted by atomic mass is 16.2. The maximum Gasteiger partial charge on any atom is 0.229 e. The van der Waals surface area contributed by atoms with Crippen molar-refractivity contribution < 1.29 is 9.59 Å². The first-order valence-corrected chi connectivity index (χ1v) is 6.57. The molecule has 2 aliphatic rings. The topological polar surface area (TPSA) is 69.9 Å². The van der Waals surface area contributed by atoms with E-state index >= 15 is 0 Å². The highest BCUT2D eigenvalue weighted by Gasteiger charge is 2.30. The Kier molecular flexibility index (Phi) is 4.31. The van der Waals surface area contributed by atoms with Crippen molar-refractivity contribution in [3.63, 3.8) is 0 Å². The first-order chi connectivity index (χ1) is 8.61. The van der Waals surface area contributed by atoms with Gasteiger partial charge in [0.15, 0.2) is 0 Å². The van der Waals surface area contributed by atoms with E-state index in [2.05, 4.69) is 16.8 Å². The Bertz CT molecular complexity index is 318. The fraction of sp³-hybridized carbons (Fsp3) is 0.833. The Balaban J connectivity index is 1.85. The van der Waals surface area contributed by atoms with Crippen LogP contribution in [0.4, 0.5) is 0 Å². The minimum Gasteiger partial charge on any atom is -0.329 e. The number of likely N-dealkylation sites (tertiary alicyclic amines) is 1. The zero-order chi connectivity index (χ0) is 13.1. The third-order valence-electron chi connectivity index (χ3n) is 3.85. The minimum absolute atomic E-state index is 0.0292. The van der Waals surface area contributed by atoms with Crippen LogP contribution in [-0.4, -0.2) is 78.9 Å². The molecule has 2 heterocycles. The Morgan fingerprint density at radius 3 is 2.44 bits per heavy atom. The molecule has 6 nitrogen and oxygen atoms in total. The number of likely N-dealkylation sites (N-methyl/N-ethyl adjacent to an activating group) is 1. The van der Waals surface area contributed by atoms with E-state index in [0.717, 1.165) is 26.2 Å². The van der Waals surface area contributed by atoms with Gasteiger partial charge in [-0.05, 0) is 7.05 Å². The summed E-state index contributed by atoms with van der Waals surface area (Å²) in [4.78, 5) is 29.0. The quantitative estimate of drug-likeness (QED) is 0.632. The molecule has 102 valence electrons. The van der Waals surface area contributed by atoms with Crippen molar-refractivity contribution >= 4 is 11.8 Å². The van der Waals surface area contributed by atoms with E-state index in [0.29, 0.717) is 32.0 Å². The largest absolute Gasteiger partial charge is 0.329 e. The Labute approximate surface area is 108 Å². The maximum atomic E-state index is 11.5. The van der Waals surface area contributed by atoms with Crippen molar-refractivity contribution in [2.24, 2.45) is 5.73 Å². The molecule has 0 aliphatic carbocycles. The number of nitrogens with zero attached hydrogens (tertiary/aromatic N) is 3. The van der Waals surface area contributed by atoms with Crippen LogP contribution in [0.25, 0.3) is 0 Å². The van der Waals surface area contributed by atoms with Gasteiger partial charge in [0.25, 0.3) is 0 Å². The summed E-state index contributed by atoms with van der Waals surface area (Å²) in [6.45, 7) is 4.79. The second kappa shape index (κ2) is 5.77. The first kappa shape index (κ1) is 13.5. The number of carbonyl (C=O) groups excluding carboxylic acids is 2. The van der Waals surface area contributed by atoms with Gasteiger partial charge >= 0.3 is 0 Å².